The summed E-state index contributed by atoms with van der Waals surface area (Å²) in [5, 5.41) is 3.82. The maximum absolute atomic E-state index is 12.6. The molecular formula is C15H18N4O4S. The van der Waals surface area contributed by atoms with E-state index in [1.54, 1.807) is 17.0 Å². The number of hydrogen-bond acceptors (Lipinski definition) is 6. The number of carbonyl (C=O) groups excluding carboxylic acids is 1. The molecule has 1 fully saturated rings. The normalized spacial score (nSPS) is 18.3. The standard InChI is InChI=1S/C15H18N4O4S/c1-18(2)24(21,22)13-5-3-11(4-6-13)15(20)19-8-7-12(9-19)14-16-10-23-17-14/h3-6,10,12H,7-9H2,1-2H3/t12-/m1/s1. The topological polar surface area (TPSA) is 96.6 Å². The number of aromatic nitrogens is 2. The van der Waals surface area contributed by atoms with Gasteiger partial charge >= 0.3 is 0 Å². The lowest BCUT2D eigenvalue weighted by Crippen LogP contribution is -2.28. The highest BCUT2D eigenvalue weighted by Crippen LogP contribution is 2.26. The van der Waals surface area contributed by atoms with Gasteiger partial charge in [0.15, 0.2) is 5.82 Å². The van der Waals surface area contributed by atoms with Gasteiger partial charge in [0, 0.05) is 38.7 Å². The molecule has 9 heteroatoms. The molecule has 2 heterocycles. The fourth-order valence-electron chi connectivity index (χ4n) is 2.68. The van der Waals surface area contributed by atoms with Gasteiger partial charge in [-0.3, -0.25) is 4.79 Å². The molecule has 0 radical (unpaired) electrons. The van der Waals surface area contributed by atoms with Crippen LogP contribution in [0.4, 0.5) is 0 Å². The minimum absolute atomic E-state index is 0.0705. The third kappa shape index (κ3) is 3.04. The average molecular weight is 350 g/mol. The van der Waals surface area contributed by atoms with Crippen molar-refractivity contribution in [2.45, 2.75) is 17.2 Å². The Labute approximate surface area is 140 Å². The predicted molar refractivity (Wildman–Crippen MR) is 84.9 cm³/mol. The summed E-state index contributed by atoms with van der Waals surface area (Å²) in [6.07, 6.45) is 2.06. The zero-order valence-electron chi connectivity index (χ0n) is 13.4. The van der Waals surface area contributed by atoms with Crippen LogP contribution in [0.2, 0.25) is 0 Å². The summed E-state index contributed by atoms with van der Waals surface area (Å²) in [5.74, 6) is 0.550. The maximum atomic E-state index is 12.6. The predicted octanol–water partition coefficient (Wildman–Crippen LogP) is 0.950. The van der Waals surface area contributed by atoms with Crippen LogP contribution >= 0.6 is 0 Å². The molecule has 1 aromatic carbocycles. The second-order valence-corrected chi connectivity index (χ2v) is 7.99. The first-order valence-electron chi connectivity index (χ1n) is 7.47. The van der Waals surface area contributed by atoms with Crippen molar-refractivity contribution >= 4 is 15.9 Å². The number of carbonyl (C=O) groups is 1. The van der Waals surface area contributed by atoms with Gasteiger partial charge in [0.25, 0.3) is 5.91 Å². The molecule has 0 spiro atoms. The Bertz CT molecular complexity index is 816. The van der Waals surface area contributed by atoms with Gasteiger partial charge in [-0.25, -0.2) is 12.7 Å². The molecule has 3 rings (SSSR count). The molecule has 2 aromatic rings. The van der Waals surface area contributed by atoms with Gasteiger partial charge in [0.05, 0.1) is 4.90 Å². The number of benzene rings is 1. The van der Waals surface area contributed by atoms with Crippen LogP contribution in [0.1, 0.15) is 28.5 Å². The zero-order valence-corrected chi connectivity index (χ0v) is 14.2. The number of rotatable bonds is 4. The highest BCUT2D eigenvalue weighted by Gasteiger charge is 2.30. The Morgan fingerprint density at radius 2 is 2.00 bits per heavy atom. The lowest BCUT2D eigenvalue weighted by Gasteiger charge is -2.16. The van der Waals surface area contributed by atoms with E-state index in [-0.39, 0.29) is 16.7 Å². The Morgan fingerprint density at radius 3 is 2.58 bits per heavy atom. The molecule has 0 bridgehead atoms. The summed E-state index contributed by atoms with van der Waals surface area (Å²) >= 11 is 0. The maximum Gasteiger partial charge on any atom is 0.253 e. The lowest BCUT2D eigenvalue weighted by molar-refractivity contribution is 0.0790. The SMILES string of the molecule is CN(C)S(=O)(=O)c1ccc(C(=O)N2CC[C@@H](c3ncon3)C2)cc1. The van der Waals surface area contributed by atoms with Crippen LogP contribution in [0.25, 0.3) is 0 Å². The van der Waals surface area contributed by atoms with E-state index in [2.05, 4.69) is 10.1 Å². The highest BCUT2D eigenvalue weighted by molar-refractivity contribution is 7.89. The van der Waals surface area contributed by atoms with Gasteiger partial charge < -0.3 is 9.42 Å². The Balaban J connectivity index is 1.72. The first-order chi connectivity index (χ1) is 11.4. The molecule has 1 aliphatic rings. The number of nitrogens with zero attached hydrogens (tertiary/aromatic N) is 4. The molecule has 1 atom stereocenters. The lowest BCUT2D eigenvalue weighted by atomic mass is 10.1. The minimum Gasteiger partial charge on any atom is -0.343 e. The van der Waals surface area contributed by atoms with Crippen molar-refractivity contribution in [3.8, 4) is 0 Å². The molecule has 24 heavy (non-hydrogen) atoms. The second kappa shape index (κ2) is 6.33. The van der Waals surface area contributed by atoms with E-state index >= 15 is 0 Å². The molecule has 1 aromatic heterocycles. The molecule has 0 unspecified atom stereocenters. The molecule has 128 valence electrons. The molecule has 0 N–H and O–H groups in total. The van der Waals surface area contributed by atoms with Crippen molar-refractivity contribution in [1.82, 2.24) is 19.3 Å². The van der Waals surface area contributed by atoms with E-state index in [0.717, 1.165) is 10.7 Å². The largest absolute Gasteiger partial charge is 0.343 e. The van der Waals surface area contributed by atoms with Crippen molar-refractivity contribution < 1.29 is 17.7 Å². The first-order valence-corrected chi connectivity index (χ1v) is 8.91. The van der Waals surface area contributed by atoms with Gasteiger partial charge in [0.1, 0.15) is 0 Å². The van der Waals surface area contributed by atoms with E-state index in [1.165, 1.54) is 32.6 Å². The third-order valence-electron chi connectivity index (χ3n) is 4.10. The van der Waals surface area contributed by atoms with Crippen molar-refractivity contribution in [1.29, 1.82) is 0 Å². The summed E-state index contributed by atoms with van der Waals surface area (Å²) in [6, 6.07) is 5.99. The van der Waals surface area contributed by atoms with Crippen LogP contribution in [0.5, 0.6) is 0 Å². The fourth-order valence-corrected chi connectivity index (χ4v) is 3.58. The van der Waals surface area contributed by atoms with Crippen molar-refractivity contribution in [2.75, 3.05) is 27.2 Å². The average Bonchev–Trinajstić information content (AvgIpc) is 3.25. The molecule has 1 saturated heterocycles. The third-order valence-corrected chi connectivity index (χ3v) is 5.93. The summed E-state index contributed by atoms with van der Waals surface area (Å²) in [7, 11) is -0.557. The smallest absolute Gasteiger partial charge is 0.253 e. The van der Waals surface area contributed by atoms with Gasteiger partial charge in [-0.2, -0.15) is 4.98 Å². The zero-order chi connectivity index (χ0) is 17.3. The van der Waals surface area contributed by atoms with Crippen LogP contribution in [0.3, 0.4) is 0 Å². The molecule has 1 amide bonds. The van der Waals surface area contributed by atoms with Gasteiger partial charge in [-0.15, -0.1) is 0 Å². The summed E-state index contributed by atoms with van der Waals surface area (Å²) in [5.41, 5.74) is 0.460. The van der Waals surface area contributed by atoms with Crippen molar-refractivity contribution in [3.05, 3.63) is 42.0 Å². The number of sulfonamides is 1. The van der Waals surface area contributed by atoms with Crippen molar-refractivity contribution in [3.63, 3.8) is 0 Å². The van der Waals surface area contributed by atoms with Gasteiger partial charge in [-0.05, 0) is 30.7 Å². The Hall–Kier alpha value is -2.26. The molecule has 0 aliphatic carbocycles. The molecule has 0 saturated carbocycles. The minimum atomic E-state index is -3.50. The van der Waals surface area contributed by atoms with Crippen molar-refractivity contribution in [2.24, 2.45) is 0 Å². The van der Waals surface area contributed by atoms with E-state index in [1.807, 2.05) is 0 Å². The molecule has 8 nitrogen and oxygen atoms in total. The molecular weight excluding hydrogens is 332 g/mol. The van der Waals surface area contributed by atoms with E-state index < -0.39 is 10.0 Å². The highest BCUT2D eigenvalue weighted by atomic mass is 32.2. The monoisotopic (exact) mass is 350 g/mol. The van der Waals surface area contributed by atoms with E-state index in [0.29, 0.717) is 24.5 Å². The summed E-state index contributed by atoms with van der Waals surface area (Å²) < 4.78 is 30.0. The summed E-state index contributed by atoms with van der Waals surface area (Å²) in [4.78, 5) is 18.5. The Morgan fingerprint density at radius 1 is 1.29 bits per heavy atom. The van der Waals surface area contributed by atoms with Crippen LogP contribution < -0.4 is 0 Å². The van der Waals surface area contributed by atoms with Crippen LogP contribution in [0.15, 0.2) is 40.1 Å². The first kappa shape index (κ1) is 16.6. The Kier molecular flexibility index (Phi) is 4.37. The van der Waals surface area contributed by atoms with Gasteiger partial charge in [0.2, 0.25) is 16.4 Å². The van der Waals surface area contributed by atoms with Crippen LogP contribution in [0, 0.1) is 0 Å². The fraction of sp³-hybridized carbons (Fsp3) is 0.400. The number of amides is 1. The number of likely N-dealkylation sites (tertiary alicyclic amines) is 1. The van der Waals surface area contributed by atoms with Crippen LogP contribution in [-0.4, -0.2) is 60.9 Å². The van der Waals surface area contributed by atoms with Gasteiger partial charge in [-0.1, -0.05) is 5.16 Å². The van der Waals surface area contributed by atoms with E-state index in [4.69, 9.17) is 4.52 Å². The number of hydrogen-bond donors (Lipinski definition) is 0. The van der Waals surface area contributed by atoms with Crippen LogP contribution in [-0.2, 0) is 10.0 Å². The summed E-state index contributed by atoms with van der Waals surface area (Å²) in [6.45, 7) is 1.13. The van der Waals surface area contributed by atoms with E-state index in [9.17, 15) is 13.2 Å². The second-order valence-electron chi connectivity index (χ2n) is 5.84. The molecule has 1 aliphatic heterocycles. The quantitative estimate of drug-likeness (QED) is 0.814.